The maximum atomic E-state index is 4.43. The van der Waals surface area contributed by atoms with Crippen LogP contribution in [0.4, 0.5) is 0 Å². The second kappa shape index (κ2) is 3.59. The van der Waals surface area contributed by atoms with E-state index in [9.17, 15) is 0 Å². The lowest BCUT2D eigenvalue weighted by Crippen LogP contribution is -2.45. The number of thioether (sulfide) groups is 1. The van der Waals surface area contributed by atoms with E-state index in [1.54, 1.807) is 11.3 Å². The average molecular weight is 214 g/mol. The molecule has 0 radical (unpaired) electrons. The monoisotopic (exact) mass is 214 g/mol. The van der Waals surface area contributed by atoms with Crippen LogP contribution in [0, 0.1) is 5.92 Å². The van der Waals surface area contributed by atoms with E-state index in [0.717, 1.165) is 5.75 Å². The largest absolute Gasteiger partial charge is 0.308 e. The number of thiazole rings is 1. The van der Waals surface area contributed by atoms with E-state index in [4.69, 9.17) is 0 Å². The molecular formula is C9H14N2S2. The Labute approximate surface area is 87.1 Å². The van der Waals surface area contributed by atoms with Gasteiger partial charge >= 0.3 is 0 Å². The predicted molar refractivity (Wildman–Crippen MR) is 59.3 cm³/mol. The highest BCUT2D eigenvalue weighted by atomic mass is 32.2. The lowest BCUT2D eigenvalue weighted by molar-refractivity contribution is 0.312. The quantitative estimate of drug-likeness (QED) is 0.814. The molecule has 0 amide bonds. The van der Waals surface area contributed by atoms with Crippen molar-refractivity contribution in [3.63, 3.8) is 0 Å². The molecule has 2 heterocycles. The van der Waals surface area contributed by atoms with E-state index < -0.39 is 0 Å². The highest BCUT2D eigenvalue weighted by Gasteiger charge is 2.42. The Morgan fingerprint density at radius 2 is 2.54 bits per heavy atom. The third-order valence-electron chi connectivity index (χ3n) is 2.80. The van der Waals surface area contributed by atoms with E-state index in [1.807, 2.05) is 25.0 Å². The first-order valence-corrected chi connectivity index (χ1v) is 6.49. The van der Waals surface area contributed by atoms with E-state index in [0.29, 0.717) is 5.92 Å². The van der Waals surface area contributed by atoms with E-state index in [1.165, 1.54) is 10.8 Å². The number of nitrogens with one attached hydrogen (secondary N) is 1. The highest BCUT2D eigenvalue weighted by Crippen LogP contribution is 2.41. The zero-order valence-electron chi connectivity index (χ0n) is 7.91. The zero-order valence-corrected chi connectivity index (χ0v) is 9.54. The lowest BCUT2D eigenvalue weighted by atomic mass is 9.89. The minimum atomic E-state index is 0.138. The summed E-state index contributed by atoms with van der Waals surface area (Å²) in [7, 11) is 2.05. The summed E-state index contributed by atoms with van der Waals surface area (Å²) in [4.78, 5) is 4.43. The molecule has 1 aromatic rings. The summed E-state index contributed by atoms with van der Waals surface area (Å²) < 4.78 is 0. The molecule has 0 aromatic carbocycles. The van der Waals surface area contributed by atoms with Crippen LogP contribution >= 0.6 is 23.1 Å². The summed E-state index contributed by atoms with van der Waals surface area (Å²) in [6.07, 6.45) is 1.90. The third-order valence-corrected chi connectivity index (χ3v) is 5.14. The molecule has 2 atom stereocenters. The van der Waals surface area contributed by atoms with Crippen LogP contribution in [0.25, 0.3) is 0 Å². The van der Waals surface area contributed by atoms with E-state index in [2.05, 4.69) is 22.6 Å². The molecule has 1 N–H and O–H groups in total. The van der Waals surface area contributed by atoms with Gasteiger partial charge in [-0.2, -0.15) is 11.8 Å². The van der Waals surface area contributed by atoms with Crippen LogP contribution in [0.15, 0.2) is 11.6 Å². The van der Waals surface area contributed by atoms with Crippen molar-refractivity contribution in [2.75, 3.05) is 18.6 Å². The Balaban J connectivity index is 2.35. The minimum Gasteiger partial charge on any atom is -0.308 e. The molecule has 13 heavy (non-hydrogen) atoms. The van der Waals surface area contributed by atoms with Gasteiger partial charge in [0.15, 0.2) is 0 Å². The van der Waals surface area contributed by atoms with Gasteiger partial charge in [0.25, 0.3) is 0 Å². The summed E-state index contributed by atoms with van der Waals surface area (Å²) in [5, 5.41) is 6.76. The summed E-state index contributed by atoms with van der Waals surface area (Å²) in [6, 6.07) is 0. The zero-order chi connectivity index (χ0) is 9.31. The molecule has 0 aliphatic carbocycles. The Morgan fingerprint density at radius 3 is 3.00 bits per heavy atom. The molecule has 0 spiro atoms. The van der Waals surface area contributed by atoms with Gasteiger partial charge in [0, 0.05) is 17.3 Å². The van der Waals surface area contributed by atoms with Crippen molar-refractivity contribution in [2.45, 2.75) is 12.5 Å². The minimum absolute atomic E-state index is 0.138. The van der Waals surface area contributed by atoms with Gasteiger partial charge in [0.2, 0.25) is 0 Å². The van der Waals surface area contributed by atoms with Crippen LogP contribution in [-0.2, 0) is 5.54 Å². The Morgan fingerprint density at radius 1 is 1.69 bits per heavy atom. The number of rotatable bonds is 2. The number of nitrogens with zero attached hydrogens (tertiary/aromatic N) is 1. The summed E-state index contributed by atoms with van der Waals surface area (Å²) in [6.45, 7) is 2.30. The molecule has 0 saturated carbocycles. The fourth-order valence-electron chi connectivity index (χ4n) is 1.82. The standard InChI is InChI=1S/C9H14N2S2/c1-7-5-12-6-9(7,10-2)8-11-3-4-13-8/h3-4,7,10H,5-6H2,1-2H3. The van der Waals surface area contributed by atoms with Crippen molar-refractivity contribution in [2.24, 2.45) is 5.92 Å². The van der Waals surface area contributed by atoms with Gasteiger partial charge in [0.05, 0.1) is 5.54 Å². The first-order valence-electron chi connectivity index (χ1n) is 4.46. The molecule has 72 valence electrons. The van der Waals surface area contributed by atoms with Crippen molar-refractivity contribution in [1.82, 2.24) is 10.3 Å². The summed E-state index contributed by atoms with van der Waals surface area (Å²) in [5.41, 5.74) is 0.138. The molecule has 0 bridgehead atoms. The molecule has 2 nitrogen and oxygen atoms in total. The maximum Gasteiger partial charge on any atom is 0.114 e. The first kappa shape index (κ1) is 9.49. The van der Waals surface area contributed by atoms with Crippen LogP contribution in [-0.4, -0.2) is 23.5 Å². The molecule has 1 aromatic heterocycles. The van der Waals surface area contributed by atoms with Gasteiger partial charge in [-0.3, -0.25) is 0 Å². The van der Waals surface area contributed by atoms with Gasteiger partial charge < -0.3 is 5.32 Å². The van der Waals surface area contributed by atoms with Gasteiger partial charge in [-0.15, -0.1) is 11.3 Å². The topological polar surface area (TPSA) is 24.9 Å². The van der Waals surface area contributed by atoms with Crippen LogP contribution in [0.2, 0.25) is 0 Å². The van der Waals surface area contributed by atoms with E-state index >= 15 is 0 Å². The SMILES string of the molecule is CNC1(c2nccs2)CSCC1C. The lowest BCUT2D eigenvalue weighted by Gasteiger charge is -2.30. The Kier molecular flexibility index (Phi) is 2.62. The van der Waals surface area contributed by atoms with Crippen molar-refractivity contribution in [3.05, 3.63) is 16.6 Å². The van der Waals surface area contributed by atoms with Gasteiger partial charge in [-0.1, -0.05) is 6.92 Å². The second-order valence-corrected chi connectivity index (χ2v) is 5.40. The molecule has 1 aliphatic heterocycles. The fourth-order valence-corrected chi connectivity index (χ4v) is 4.52. The van der Waals surface area contributed by atoms with Crippen LogP contribution < -0.4 is 5.32 Å². The average Bonchev–Trinajstić information content (AvgIpc) is 2.73. The molecule has 2 unspecified atom stereocenters. The second-order valence-electron chi connectivity index (χ2n) is 3.47. The van der Waals surface area contributed by atoms with Gasteiger partial charge in [-0.05, 0) is 18.7 Å². The van der Waals surface area contributed by atoms with Crippen molar-refractivity contribution in [3.8, 4) is 0 Å². The van der Waals surface area contributed by atoms with Gasteiger partial charge in [0.1, 0.15) is 5.01 Å². The Bertz CT molecular complexity index is 273. The molecular weight excluding hydrogens is 200 g/mol. The van der Waals surface area contributed by atoms with Crippen LogP contribution in [0.1, 0.15) is 11.9 Å². The molecule has 4 heteroatoms. The third kappa shape index (κ3) is 1.41. The normalized spacial score (nSPS) is 33.8. The molecule has 1 fully saturated rings. The van der Waals surface area contributed by atoms with Crippen LogP contribution in [0.3, 0.4) is 0 Å². The van der Waals surface area contributed by atoms with Gasteiger partial charge in [-0.25, -0.2) is 4.98 Å². The van der Waals surface area contributed by atoms with Crippen molar-refractivity contribution >= 4 is 23.1 Å². The van der Waals surface area contributed by atoms with E-state index in [-0.39, 0.29) is 5.54 Å². The maximum absolute atomic E-state index is 4.43. The summed E-state index contributed by atoms with van der Waals surface area (Å²) >= 11 is 3.78. The van der Waals surface area contributed by atoms with Crippen LogP contribution in [0.5, 0.6) is 0 Å². The molecule has 1 aliphatic rings. The molecule has 1 saturated heterocycles. The number of hydrogen-bond donors (Lipinski definition) is 1. The predicted octanol–water partition coefficient (Wildman–Crippen LogP) is 1.94. The summed E-state index contributed by atoms with van der Waals surface area (Å²) in [5.74, 6) is 3.06. The Hall–Kier alpha value is -0.0600. The number of hydrogen-bond acceptors (Lipinski definition) is 4. The smallest absolute Gasteiger partial charge is 0.114 e. The number of aromatic nitrogens is 1. The van der Waals surface area contributed by atoms with Crippen molar-refractivity contribution in [1.29, 1.82) is 0 Å². The highest BCUT2D eigenvalue weighted by molar-refractivity contribution is 7.99. The first-order chi connectivity index (χ1) is 6.29. The fraction of sp³-hybridized carbons (Fsp3) is 0.667. The van der Waals surface area contributed by atoms with Crippen molar-refractivity contribution < 1.29 is 0 Å². The molecule has 2 rings (SSSR count).